The average Bonchev–Trinajstić information content (AvgIpc) is 2.55. The van der Waals surface area contributed by atoms with Crippen molar-refractivity contribution in [2.24, 2.45) is 0 Å². The van der Waals surface area contributed by atoms with Crippen LogP contribution in [0.3, 0.4) is 0 Å². The van der Waals surface area contributed by atoms with E-state index < -0.39 is 15.2 Å². The Morgan fingerprint density at radius 3 is 2.54 bits per heavy atom. The van der Waals surface area contributed by atoms with Gasteiger partial charge in [0.05, 0.1) is 13.4 Å². The van der Waals surface area contributed by atoms with E-state index in [1.165, 1.54) is 18.4 Å². The van der Waals surface area contributed by atoms with E-state index in [9.17, 15) is 13.2 Å². The predicted octanol–water partition coefficient (Wildman–Crippen LogP) is -0.252. The molecule has 0 N–H and O–H groups in total. The molecular weight excluding hydrogens is 207 g/mol. The molecule has 7 heteroatoms. The van der Waals surface area contributed by atoms with Gasteiger partial charge in [0.25, 0.3) is 0 Å². The van der Waals surface area contributed by atoms with E-state index in [1.807, 2.05) is 0 Å². The van der Waals surface area contributed by atoms with Gasteiger partial charge in [0, 0.05) is 0 Å². The molecule has 0 aliphatic carbocycles. The van der Waals surface area contributed by atoms with E-state index in [0.717, 1.165) is 7.11 Å². The van der Waals surface area contributed by atoms with Gasteiger partial charge in [-0.2, -0.15) is 8.42 Å². The molecule has 1 aromatic rings. The van der Waals surface area contributed by atoms with Crippen molar-refractivity contribution in [3.8, 4) is 0 Å². The van der Waals surface area contributed by atoms with Gasteiger partial charge >= 0.3 is 44.8 Å². The van der Waals surface area contributed by atoms with Crippen molar-refractivity contribution in [2.45, 2.75) is 0 Å². The molecule has 0 saturated heterocycles. The van der Waals surface area contributed by atoms with Crippen molar-refractivity contribution in [1.82, 2.24) is 0 Å². The molecule has 0 saturated carbocycles. The van der Waals surface area contributed by atoms with Gasteiger partial charge in [-0.25, -0.2) is 0 Å². The summed E-state index contributed by atoms with van der Waals surface area (Å²) < 4.78 is 30.1. The third kappa shape index (κ3) is 2.92. The third-order valence-electron chi connectivity index (χ3n) is 1.17. The topological polar surface area (TPSA) is 73.6 Å². The standard InChI is InChI=1S/C6H6O5S.Na.H/c1-10-12(8,9)6(7)5-3-2-4-11-5;;/h2-4H,1H3;;. The summed E-state index contributed by atoms with van der Waals surface area (Å²) in [6.07, 6.45) is 1.21. The van der Waals surface area contributed by atoms with Crippen molar-refractivity contribution in [2.75, 3.05) is 7.11 Å². The van der Waals surface area contributed by atoms with Crippen LogP contribution in [0.1, 0.15) is 10.6 Å². The maximum atomic E-state index is 11.0. The van der Waals surface area contributed by atoms with Gasteiger partial charge in [-0.1, -0.05) is 0 Å². The Labute approximate surface area is 97.5 Å². The number of carbonyl (C=O) groups is 1. The fraction of sp³-hybridized carbons (Fsp3) is 0.167. The summed E-state index contributed by atoms with van der Waals surface area (Å²) in [5, 5.41) is -1.17. The van der Waals surface area contributed by atoms with E-state index in [1.54, 1.807) is 0 Å². The zero-order valence-corrected chi connectivity index (χ0v) is 7.00. The predicted molar refractivity (Wildman–Crippen MR) is 46.1 cm³/mol. The Morgan fingerprint density at radius 1 is 1.54 bits per heavy atom. The molecular formula is C6H7NaO5S. The van der Waals surface area contributed by atoms with Crippen molar-refractivity contribution in [3.05, 3.63) is 24.2 Å². The van der Waals surface area contributed by atoms with Crippen LogP contribution in [-0.2, 0) is 14.3 Å². The summed E-state index contributed by atoms with van der Waals surface area (Å²) in [6.45, 7) is 0. The van der Waals surface area contributed by atoms with Crippen LogP contribution in [0.4, 0.5) is 0 Å². The Morgan fingerprint density at radius 2 is 2.15 bits per heavy atom. The van der Waals surface area contributed by atoms with E-state index in [0.29, 0.717) is 0 Å². The van der Waals surface area contributed by atoms with E-state index in [-0.39, 0.29) is 35.3 Å². The zero-order chi connectivity index (χ0) is 9.19. The van der Waals surface area contributed by atoms with Crippen molar-refractivity contribution in [3.63, 3.8) is 0 Å². The summed E-state index contributed by atoms with van der Waals surface area (Å²) in [5.74, 6) is -0.253. The van der Waals surface area contributed by atoms with Gasteiger partial charge in [0.2, 0.25) is 0 Å². The monoisotopic (exact) mass is 214 g/mol. The number of furan rings is 1. The van der Waals surface area contributed by atoms with Crippen LogP contribution in [0.2, 0.25) is 0 Å². The molecule has 5 nitrogen and oxygen atoms in total. The first-order valence-corrected chi connectivity index (χ1v) is 4.37. The van der Waals surface area contributed by atoms with Crippen LogP contribution in [0.5, 0.6) is 0 Å². The van der Waals surface area contributed by atoms with Gasteiger partial charge in [-0.05, 0) is 12.1 Å². The molecule has 13 heavy (non-hydrogen) atoms. The van der Waals surface area contributed by atoms with Crippen LogP contribution in [0.15, 0.2) is 22.8 Å². The molecule has 0 amide bonds. The van der Waals surface area contributed by atoms with Gasteiger partial charge in [-0.3, -0.25) is 8.98 Å². The molecule has 0 bridgehead atoms. The van der Waals surface area contributed by atoms with Gasteiger partial charge in [0.1, 0.15) is 0 Å². The molecule has 0 atom stereocenters. The summed E-state index contributed by atoms with van der Waals surface area (Å²) in [7, 11) is -3.24. The van der Waals surface area contributed by atoms with Gasteiger partial charge < -0.3 is 4.42 Å². The number of hydrogen-bond donors (Lipinski definition) is 0. The fourth-order valence-corrected chi connectivity index (χ4v) is 1.11. The third-order valence-corrected chi connectivity index (χ3v) is 2.26. The average molecular weight is 214 g/mol. The summed E-state index contributed by atoms with van der Waals surface area (Å²) in [4.78, 5) is 11.0. The van der Waals surface area contributed by atoms with E-state index in [2.05, 4.69) is 8.60 Å². The maximum absolute atomic E-state index is 11.0. The van der Waals surface area contributed by atoms with Crippen molar-refractivity contribution >= 4 is 44.8 Å². The van der Waals surface area contributed by atoms with E-state index >= 15 is 0 Å². The second-order valence-corrected chi connectivity index (χ2v) is 3.50. The van der Waals surface area contributed by atoms with Crippen LogP contribution >= 0.6 is 0 Å². The molecule has 0 aliphatic rings. The molecule has 0 aromatic carbocycles. The summed E-state index contributed by atoms with van der Waals surface area (Å²) in [5.41, 5.74) is 0. The van der Waals surface area contributed by atoms with Crippen LogP contribution in [0, 0.1) is 0 Å². The normalized spacial score (nSPS) is 10.5. The molecule has 0 spiro atoms. The van der Waals surface area contributed by atoms with Gasteiger partial charge in [0.15, 0.2) is 5.76 Å². The Bertz CT molecular complexity index is 366. The number of rotatable bonds is 2. The fourth-order valence-electron chi connectivity index (χ4n) is 0.594. The summed E-state index contributed by atoms with van der Waals surface area (Å²) in [6, 6.07) is 2.66. The molecule has 0 aliphatic heterocycles. The van der Waals surface area contributed by atoms with Crippen LogP contribution in [0.25, 0.3) is 0 Å². The first kappa shape index (κ1) is 12.9. The Hall–Kier alpha value is -0.140. The quantitative estimate of drug-likeness (QED) is 0.501. The minimum absolute atomic E-state index is 0. The second kappa shape index (κ2) is 4.92. The SMILES string of the molecule is COS(=O)(=O)C(=O)c1ccco1.[NaH]. The molecule has 1 aromatic heterocycles. The summed E-state index contributed by atoms with van der Waals surface area (Å²) >= 11 is 0. The molecule has 1 rings (SSSR count). The van der Waals surface area contributed by atoms with Crippen molar-refractivity contribution in [1.29, 1.82) is 0 Å². The molecule has 1 heterocycles. The first-order chi connectivity index (χ1) is 5.58. The zero-order valence-electron chi connectivity index (χ0n) is 6.18. The number of carbonyl (C=O) groups excluding carboxylic acids is 1. The van der Waals surface area contributed by atoms with Gasteiger partial charge in [-0.15, -0.1) is 0 Å². The molecule has 68 valence electrons. The first-order valence-electron chi connectivity index (χ1n) is 2.96. The number of hydrogen-bond acceptors (Lipinski definition) is 5. The van der Waals surface area contributed by atoms with Crippen LogP contribution < -0.4 is 0 Å². The van der Waals surface area contributed by atoms with Crippen LogP contribution in [-0.4, -0.2) is 50.2 Å². The Kier molecular flexibility index (Phi) is 4.87. The van der Waals surface area contributed by atoms with Crippen molar-refractivity contribution < 1.29 is 21.8 Å². The molecule has 0 radical (unpaired) electrons. The molecule has 0 fully saturated rings. The minimum atomic E-state index is -4.15. The second-order valence-electron chi connectivity index (χ2n) is 1.89. The van der Waals surface area contributed by atoms with E-state index in [4.69, 9.17) is 0 Å². The molecule has 0 unspecified atom stereocenters. The Balaban J connectivity index is 0.00000144.